The summed E-state index contributed by atoms with van der Waals surface area (Å²) in [6.45, 7) is 6.83. The van der Waals surface area contributed by atoms with Gasteiger partial charge >= 0.3 is 0 Å². The lowest BCUT2D eigenvalue weighted by Gasteiger charge is -2.34. The highest BCUT2D eigenvalue weighted by atomic mass is 16.5. The van der Waals surface area contributed by atoms with E-state index in [2.05, 4.69) is 0 Å². The predicted molar refractivity (Wildman–Crippen MR) is 96.1 cm³/mol. The van der Waals surface area contributed by atoms with E-state index in [1.165, 1.54) is 19.1 Å². The van der Waals surface area contributed by atoms with Crippen LogP contribution >= 0.6 is 0 Å². The SMILES string of the molecule is CC(=O)N1CCN(C(=O)COc2cc(O)c3c(c2)OC(C)(C)CC3=O)CC1. The van der Waals surface area contributed by atoms with Gasteiger partial charge in [0.25, 0.3) is 5.91 Å². The number of carbonyl (C=O) groups is 3. The van der Waals surface area contributed by atoms with Crippen molar-refractivity contribution in [3.8, 4) is 17.2 Å². The van der Waals surface area contributed by atoms with Crippen molar-refractivity contribution < 1.29 is 29.0 Å². The summed E-state index contributed by atoms with van der Waals surface area (Å²) in [5.74, 6) is -0.0930. The van der Waals surface area contributed by atoms with Crippen LogP contribution in [0.2, 0.25) is 0 Å². The Hall–Kier alpha value is -2.77. The third-order valence-electron chi connectivity index (χ3n) is 4.75. The third kappa shape index (κ3) is 4.15. The summed E-state index contributed by atoms with van der Waals surface area (Å²) in [7, 11) is 0. The second-order valence-electron chi connectivity index (χ2n) is 7.45. The van der Waals surface area contributed by atoms with Gasteiger partial charge in [-0.3, -0.25) is 14.4 Å². The Labute approximate surface area is 157 Å². The fourth-order valence-corrected chi connectivity index (χ4v) is 3.34. The third-order valence-corrected chi connectivity index (χ3v) is 4.75. The van der Waals surface area contributed by atoms with Gasteiger partial charge in [-0.15, -0.1) is 0 Å². The van der Waals surface area contributed by atoms with Crippen LogP contribution in [0.1, 0.15) is 37.6 Å². The van der Waals surface area contributed by atoms with Crippen molar-refractivity contribution in [3.05, 3.63) is 17.7 Å². The van der Waals surface area contributed by atoms with Crippen molar-refractivity contribution in [2.24, 2.45) is 0 Å². The Morgan fingerprint density at radius 1 is 1.19 bits per heavy atom. The molecule has 0 saturated carbocycles. The van der Waals surface area contributed by atoms with Gasteiger partial charge in [0.15, 0.2) is 12.4 Å². The molecule has 0 unspecified atom stereocenters. The monoisotopic (exact) mass is 376 g/mol. The predicted octanol–water partition coefficient (Wildman–Crippen LogP) is 1.21. The molecule has 2 amide bonds. The Balaban J connectivity index is 1.64. The molecule has 2 aliphatic heterocycles. The molecule has 0 spiro atoms. The molecule has 3 rings (SSSR count). The van der Waals surface area contributed by atoms with Crippen LogP contribution in [0.3, 0.4) is 0 Å². The van der Waals surface area contributed by atoms with E-state index in [1.54, 1.807) is 23.6 Å². The van der Waals surface area contributed by atoms with E-state index in [9.17, 15) is 19.5 Å². The number of Topliss-reactive ketones (excluding diaryl/α,β-unsaturated/α-hetero) is 1. The van der Waals surface area contributed by atoms with E-state index in [1.807, 2.05) is 0 Å². The smallest absolute Gasteiger partial charge is 0.260 e. The van der Waals surface area contributed by atoms with Gasteiger partial charge < -0.3 is 24.4 Å². The van der Waals surface area contributed by atoms with E-state index >= 15 is 0 Å². The molecule has 1 aromatic carbocycles. The molecule has 8 heteroatoms. The maximum atomic E-state index is 12.3. The lowest BCUT2D eigenvalue weighted by atomic mass is 9.92. The fraction of sp³-hybridized carbons (Fsp3) is 0.526. The van der Waals surface area contributed by atoms with Crippen molar-refractivity contribution in [3.63, 3.8) is 0 Å². The minimum Gasteiger partial charge on any atom is -0.507 e. The van der Waals surface area contributed by atoms with Gasteiger partial charge in [0, 0.05) is 45.2 Å². The second kappa shape index (κ2) is 7.09. The van der Waals surface area contributed by atoms with Crippen LogP contribution in [0.25, 0.3) is 0 Å². The summed E-state index contributed by atoms with van der Waals surface area (Å²) in [5.41, 5.74) is -0.519. The zero-order valence-corrected chi connectivity index (χ0v) is 15.8. The number of phenolic OH excluding ortho intramolecular Hbond substituents is 1. The van der Waals surface area contributed by atoms with Crippen molar-refractivity contribution >= 4 is 17.6 Å². The standard InChI is InChI=1S/C19H24N2O6/c1-12(22)20-4-6-21(7-5-20)17(25)11-26-13-8-14(23)18-15(24)10-19(2,3)27-16(18)9-13/h8-9,23H,4-7,10-11H2,1-3H3. The van der Waals surface area contributed by atoms with Gasteiger partial charge in [-0.05, 0) is 13.8 Å². The number of hydrogen-bond donors (Lipinski definition) is 1. The number of fused-ring (bicyclic) bond motifs is 1. The van der Waals surface area contributed by atoms with Crippen LogP contribution < -0.4 is 9.47 Å². The summed E-state index contributed by atoms with van der Waals surface area (Å²) in [6, 6.07) is 2.84. The summed E-state index contributed by atoms with van der Waals surface area (Å²) in [4.78, 5) is 39.2. The number of ketones is 1. The zero-order valence-electron chi connectivity index (χ0n) is 15.8. The molecule has 2 aliphatic rings. The average Bonchev–Trinajstić information content (AvgIpc) is 2.57. The Morgan fingerprint density at radius 2 is 1.81 bits per heavy atom. The number of nitrogens with zero attached hydrogens (tertiary/aromatic N) is 2. The molecule has 2 heterocycles. The number of ether oxygens (including phenoxy) is 2. The molecule has 27 heavy (non-hydrogen) atoms. The molecule has 1 aromatic rings. The van der Waals surface area contributed by atoms with E-state index in [0.717, 1.165) is 0 Å². The van der Waals surface area contributed by atoms with Gasteiger partial charge in [0.2, 0.25) is 5.91 Å². The molecule has 1 fully saturated rings. The molecule has 0 radical (unpaired) electrons. The van der Waals surface area contributed by atoms with Crippen LogP contribution in [0, 0.1) is 0 Å². The maximum absolute atomic E-state index is 12.3. The van der Waals surface area contributed by atoms with Crippen molar-refractivity contribution in [1.29, 1.82) is 0 Å². The van der Waals surface area contributed by atoms with Crippen molar-refractivity contribution in [1.82, 2.24) is 9.80 Å². The minimum absolute atomic E-state index is 0.000329. The topological polar surface area (TPSA) is 96.4 Å². The molecule has 0 aliphatic carbocycles. The number of amides is 2. The lowest BCUT2D eigenvalue weighted by molar-refractivity contribution is -0.139. The normalized spacial score (nSPS) is 18.6. The molecule has 0 aromatic heterocycles. The van der Waals surface area contributed by atoms with Crippen LogP contribution in [0.15, 0.2) is 12.1 Å². The first kappa shape index (κ1) is 19.0. The number of rotatable bonds is 3. The summed E-state index contributed by atoms with van der Waals surface area (Å²) in [5, 5.41) is 10.2. The van der Waals surface area contributed by atoms with E-state index in [4.69, 9.17) is 9.47 Å². The Morgan fingerprint density at radius 3 is 2.44 bits per heavy atom. The van der Waals surface area contributed by atoms with Crippen LogP contribution in [-0.2, 0) is 9.59 Å². The van der Waals surface area contributed by atoms with Crippen molar-refractivity contribution in [2.45, 2.75) is 32.8 Å². The summed E-state index contributed by atoms with van der Waals surface area (Å²) in [6.07, 6.45) is 0.179. The van der Waals surface area contributed by atoms with Gasteiger partial charge in [-0.1, -0.05) is 0 Å². The largest absolute Gasteiger partial charge is 0.507 e. The van der Waals surface area contributed by atoms with E-state index in [-0.39, 0.29) is 53.4 Å². The molecule has 8 nitrogen and oxygen atoms in total. The first-order chi connectivity index (χ1) is 12.7. The number of phenols is 1. The highest BCUT2D eigenvalue weighted by molar-refractivity contribution is 6.03. The molecular weight excluding hydrogens is 352 g/mol. The highest BCUT2D eigenvalue weighted by Crippen LogP contribution is 2.40. The van der Waals surface area contributed by atoms with Gasteiger partial charge in [0.05, 0.1) is 6.42 Å². The number of carbonyl (C=O) groups excluding carboxylic acids is 3. The molecule has 0 atom stereocenters. The summed E-state index contributed by atoms with van der Waals surface area (Å²) >= 11 is 0. The molecule has 1 saturated heterocycles. The highest BCUT2D eigenvalue weighted by Gasteiger charge is 2.35. The Kier molecular flexibility index (Phi) is 4.99. The number of piperazine rings is 1. The first-order valence-electron chi connectivity index (χ1n) is 8.91. The Bertz CT molecular complexity index is 781. The quantitative estimate of drug-likeness (QED) is 0.852. The van der Waals surface area contributed by atoms with Crippen LogP contribution in [-0.4, -0.2) is 70.9 Å². The number of benzene rings is 1. The molecule has 146 valence electrons. The fourth-order valence-electron chi connectivity index (χ4n) is 3.34. The lowest BCUT2D eigenvalue weighted by Crippen LogP contribution is -2.51. The zero-order chi connectivity index (χ0) is 19.8. The van der Waals surface area contributed by atoms with Crippen LogP contribution in [0.4, 0.5) is 0 Å². The number of aromatic hydroxyl groups is 1. The van der Waals surface area contributed by atoms with E-state index in [0.29, 0.717) is 26.2 Å². The van der Waals surface area contributed by atoms with Crippen molar-refractivity contribution in [2.75, 3.05) is 32.8 Å². The molecular formula is C19H24N2O6. The summed E-state index contributed by atoms with van der Waals surface area (Å²) < 4.78 is 11.3. The second-order valence-corrected chi connectivity index (χ2v) is 7.45. The van der Waals surface area contributed by atoms with Gasteiger partial charge in [-0.25, -0.2) is 0 Å². The first-order valence-corrected chi connectivity index (χ1v) is 8.91. The minimum atomic E-state index is -0.665. The van der Waals surface area contributed by atoms with Gasteiger partial charge in [0.1, 0.15) is 28.4 Å². The molecule has 1 N–H and O–H groups in total. The number of hydrogen-bond acceptors (Lipinski definition) is 6. The van der Waals surface area contributed by atoms with E-state index < -0.39 is 5.60 Å². The van der Waals surface area contributed by atoms with Gasteiger partial charge in [-0.2, -0.15) is 0 Å². The molecule has 0 bridgehead atoms. The maximum Gasteiger partial charge on any atom is 0.260 e. The van der Waals surface area contributed by atoms with Crippen LogP contribution in [0.5, 0.6) is 17.2 Å². The average molecular weight is 376 g/mol.